The summed E-state index contributed by atoms with van der Waals surface area (Å²) in [5, 5.41) is 10.2. The second-order valence-electron chi connectivity index (χ2n) is 11.3. The molecule has 0 spiro atoms. The molecule has 1 amide bonds. The summed E-state index contributed by atoms with van der Waals surface area (Å²) in [6, 6.07) is 2.67. The molecular formula is C26H36N4O2. The van der Waals surface area contributed by atoms with Crippen molar-refractivity contribution in [2.75, 3.05) is 24.5 Å². The van der Waals surface area contributed by atoms with Gasteiger partial charge in [0, 0.05) is 44.0 Å². The lowest BCUT2D eigenvalue weighted by Crippen LogP contribution is -2.57. The van der Waals surface area contributed by atoms with Gasteiger partial charge < -0.3 is 14.5 Å². The Kier molecular flexibility index (Phi) is 5.44. The maximum absolute atomic E-state index is 13.0. The Morgan fingerprint density at radius 2 is 1.97 bits per heavy atom. The van der Waals surface area contributed by atoms with Gasteiger partial charge in [-0.2, -0.15) is 5.26 Å². The molecule has 6 nitrogen and oxygen atoms in total. The predicted octanol–water partition coefficient (Wildman–Crippen LogP) is 4.16. The smallest absolute Gasteiger partial charge is 0.223 e. The number of carbonyl (C=O) groups excluding carboxylic acids is 1. The molecule has 2 saturated carbocycles. The van der Waals surface area contributed by atoms with Crippen molar-refractivity contribution in [3.63, 3.8) is 0 Å². The van der Waals surface area contributed by atoms with Crippen molar-refractivity contribution in [2.24, 2.45) is 11.8 Å². The van der Waals surface area contributed by atoms with Gasteiger partial charge in [-0.1, -0.05) is 13.8 Å². The van der Waals surface area contributed by atoms with Gasteiger partial charge in [0.15, 0.2) is 0 Å². The minimum atomic E-state index is -0.271. The summed E-state index contributed by atoms with van der Waals surface area (Å²) in [5.41, 5.74) is 3.90. The average Bonchev–Trinajstić information content (AvgIpc) is 3.66. The highest BCUT2D eigenvalue weighted by atomic mass is 16.5. The first kappa shape index (κ1) is 21.7. The fraction of sp³-hybridized carbons (Fsp3) is 0.731. The highest BCUT2D eigenvalue weighted by Crippen LogP contribution is 2.46. The largest absolute Gasteiger partial charge is 0.370 e. The highest BCUT2D eigenvalue weighted by molar-refractivity contribution is 5.77. The quantitative estimate of drug-likeness (QED) is 0.693. The molecular weight excluding hydrogens is 400 g/mol. The summed E-state index contributed by atoms with van der Waals surface area (Å²) < 4.78 is 6.11. The van der Waals surface area contributed by atoms with Gasteiger partial charge in [0.1, 0.15) is 11.9 Å². The van der Waals surface area contributed by atoms with Crippen molar-refractivity contribution < 1.29 is 9.53 Å². The third-order valence-corrected chi connectivity index (χ3v) is 7.68. The zero-order valence-corrected chi connectivity index (χ0v) is 20.0. The molecule has 4 aliphatic rings. The number of aromatic nitrogens is 1. The molecule has 2 aliphatic carbocycles. The first-order chi connectivity index (χ1) is 15.3. The summed E-state index contributed by atoms with van der Waals surface area (Å²) >= 11 is 0. The van der Waals surface area contributed by atoms with Gasteiger partial charge >= 0.3 is 0 Å². The van der Waals surface area contributed by atoms with Gasteiger partial charge in [0.2, 0.25) is 5.91 Å². The van der Waals surface area contributed by atoms with Crippen LogP contribution in [0.15, 0.2) is 0 Å². The van der Waals surface area contributed by atoms with Crippen LogP contribution in [0.25, 0.3) is 0 Å². The lowest BCUT2D eigenvalue weighted by Gasteiger charge is -2.44. The first-order valence-corrected chi connectivity index (χ1v) is 12.4. The SMILES string of the molecule is CC(C)[C@@H]1CN(c2nc(C3CC3)c3c(c2C#N)CC(C)(C)OC3)CCN1C(=O)CC1CC1. The number of nitriles is 1. The molecule has 3 heterocycles. The molecule has 2 aliphatic heterocycles. The summed E-state index contributed by atoms with van der Waals surface area (Å²) in [6.45, 7) is 11.4. The van der Waals surface area contributed by atoms with Crippen molar-refractivity contribution in [3.05, 3.63) is 22.4 Å². The first-order valence-electron chi connectivity index (χ1n) is 12.4. The summed E-state index contributed by atoms with van der Waals surface area (Å²) in [7, 11) is 0. The van der Waals surface area contributed by atoms with E-state index in [2.05, 4.69) is 43.6 Å². The van der Waals surface area contributed by atoms with Crippen molar-refractivity contribution in [3.8, 4) is 6.07 Å². The molecule has 172 valence electrons. The Hall–Kier alpha value is -2.13. The fourth-order valence-corrected chi connectivity index (χ4v) is 5.39. The lowest BCUT2D eigenvalue weighted by atomic mass is 9.87. The van der Waals surface area contributed by atoms with Crippen LogP contribution in [0.5, 0.6) is 0 Å². The van der Waals surface area contributed by atoms with Gasteiger partial charge in [-0.25, -0.2) is 4.98 Å². The van der Waals surface area contributed by atoms with E-state index >= 15 is 0 Å². The number of fused-ring (bicyclic) bond motifs is 1. The van der Waals surface area contributed by atoms with Crippen molar-refractivity contribution in [2.45, 2.75) is 90.4 Å². The number of rotatable bonds is 5. The van der Waals surface area contributed by atoms with Crippen LogP contribution in [0.2, 0.25) is 0 Å². The monoisotopic (exact) mass is 436 g/mol. The maximum Gasteiger partial charge on any atom is 0.223 e. The van der Waals surface area contributed by atoms with E-state index < -0.39 is 0 Å². The molecule has 0 aromatic carbocycles. The van der Waals surface area contributed by atoms with Crippen LogP contribution in [0.3, 0.4) is 0 Å². The van der Waals surface area contributed by atoms with E-state index in [1.165, 1.54) is 25.7 Å². The Morgan fingerprint density at radius 3 is 2.59 bits per heavy atom. The maximum atomic E-state index is 13.0. The van der Waals surface area contributed by atoms with Gasteiger partial charge in [-0.3, -0.25) is 4.79 Å². The minimum absolute atomic E-state index is 0.156. The molecule has 1 saturated heterocycles. The Morgan fingerprint density at radius 1 is 1.22 bits per heavy atom. The van der Waals surface area contributed by atoms with E-state index in [0.717, 1.165) is 47.7 Å². The average molecular weight is 437 g/mol. The molecule has 32 heavy (non-hydrogen) atoms. The molecule has 0 radical (unpaired) electrons. The van der Waals surface area contributed by atoms with E-state index in [-0.39, 0.29) is 11.6 Å². The Labute approximate surface area is 191 Å². The van der Waals surface area contributed by atoms with Crippen molar-refractivity contribution >= 4 is 11.7 Å². The number of amides is 1. The highest BCUT2D eigenvalue weighted by Gasteiger charge is 2.40. The van der Waals surface area contributed by atoms with E-state index in [1.54, 1.807) is 0 Å². The van der Waals surface area contributed by atoms with E-state index in [9.17, 15) is 10.1 Å². The van der Waals surface area contributed by atoms with Crippen LogP contribution < -0.4 is 4.90 Å². The standard InChI is InChI=1S/C26H36N4O2/c1-16(2)22-14-29(9-10-30(22)23(31)11-17-5-6-17)25-20(13-27)19-12-26(3,4)32-15-21(19)24(28-25)18-7-8-18/h16-18,22H,5-12,14-15H2,1-4H3/t22-/m0/s1. The molecule has 0 bridgehead atoms. The number of piperazine rings is 1. The molecule has 1 atom stereocenters. The number of ether oxygens (including phenoxy) is 1. The normalized spacial score (nSPS) is 24.9. The number of anilines is 1. The number of hydrogen-bond donors (Lipinski definition) is 0. The second kappa shape index (κ2) is 8.02. The Balaban J connectivity index is 1.48. The van der Waals surface area contributed by atoms with Gasteiger partial charge in [-0.05, 0) is 56.9 Å². The predicted molar refractivity (Wildman–Crippen MR) is 123 cm³/mol. The van der Waals surface area contributed by atoms with E-state index in [4.69, 9.17) is 9.72 Å². The second-order valence-corrected chi connectivity index (χ2v) is 11.3. The lowest BCUT2D eigenvalue weighted by molar-refractivity contribution is -0.135. The number of pyridine rings is 1. The van der Waals surface area contributed by atoms with Crippen LogP contribution in [-0.2, 0) is 22.6 Å². The third-order valence-electron chi connectivity index (χ3n) is 7.68. The van der Waals surface area contributed by atoms with Crippen molar-refractivity contribution in [1.29, 1.82) is 5.26 Å². The molecule has 1 aromatic heterocycles. The van der Waals surface area contributed by atoms with Crippen LogP contribution in [0.4, 0.5) is 5.82 Å². The van der Waals surface area contributed by atoms with Crippen LogP contribution in [0.1, 0.15) is 88.1 Å². The summed E-state index contributed by atoms with van der Waals surface area (Å²) in [6.07, 6.45) is 6.19. The molecule has 0 N–H and O–H groups in total. The molecule has 3 fully saturated rings. The topological polar surface area (TPSA) is 69.5 Å². The summed E-state index contributed by atoms with van der Waals surface area (Å²) in [5.74, 6) is 2.61. The third kappa shape index (κ3) is 4.12. The van der Waals surface area contributed by atoms with Crippen LogP contribution in [0, 0.1) is 23.2 Å². The Bertz CT molecular complexity index is 956. The fourth-order valence-electron chi connectivity index (χ4n) is 5.39. The molecule has 0 unspecified atom stereocenters. The zero-order chi connectivity index (χ0) is 22.6. The van der Waals surface area contributed by atoms with Crippen LogP contribution in [-0.4, -0.2) is 47.1 Å². The van der Waals surface area contributed by atoms with Gasteiger partial charge in [0.05, 0.1) is 29.5 Å². The van der Waals surface area contributed by atoms with E-state index in [1.807, 2.05) is 0 Å². The number of hydrogen-bond acceptors (Lipinski definition) is 5. The van der Waals surface area contributed by atoms with Gasteiger partial charge in [0.25, 0.3) is 0 Å². The summed E-state index contributed by atoms with van der Waals surface area (Å²) in [4.78, 5) is 22.5. The van der Waals surface area contributed by atoms with E-state index in [0.29, 0.717) is 43.2 Å². The number of carbonyl (C=O) groups is 1. The van der Waals surface area contributed by atoms with Crippen LogP contribution >= 0.6 is 0 Å². The zero-order valence-electron chi connectivity index (χ0n) is 20.0. The molecule has 1 aromatic rings. The number of nitrogens with zero attached hydrogens (tertiary/aromatic N) is 4. The minimum Gasteiger partial charge on any atom is -0.370 e. The molecule has 6 heteroatoms. The van der Waals surface area contributed by atoms with Gasteiger partial charge in [-0.15, -0.1) is 0 Å². The van der Waals surface area contributed by atoms with Crippen molar-refractivity contribution in [1.82, 2.24) is 9.88 Å². The molecule has 5 rings (SSSR count).